The number of hydrogen-bond donors (Lipinski definition) is 1. The van der Waals surface area contributed by atoms with Crippen molar-refractivity contribution >= 4 is 11.7 Å². The Hall–Kier alpha value is -2.56. The van der Waals surface area contributed by atoms with Gasteiger partial charge in [-0.05, 0) is 32.3 Å². The number of amides is 2. The maximum absolute atomic E-state index is 13.0. The van der Waals surface area contributed by atoms with Crippen molar-refractivity contribution in [1.82, 2.24) is 14.7 Å². The molecular weight excluding hydrogens is 312 g/mol. The third-order valence-corrected chi connectivity index (χ3v) is 5.71. The van der Waals surface area contributed by atoms with E-state index in [1.165, 1.54) is 5.56 Å². The van der Waals surface area contributed by atoms with Gasteiger partial charge in [0.25, 0.3) is 0 Å². The van der Waals surface area contributed by atoms with Gasteiger partial charge in [-0.15, -0.1) is 0 Å². The lowest BCUT2D eigenvalue weighted by Crippen LogP contribution is -2.60. The number of aryl methyl sites for hydroxylation is 2. The number of urea groups is 1. The van der Waals surface area contributed by atoms with Crippen LogP contribution in [0.2, 0.25) is 0 Å². The molecule has 0 radical (unpaired) electrons. The van der Waals surface area contributed by atoms with Crippen molar-refractivity contribution in [3.05, 3.63) is 59.4 Å². The highest BCUT2D eigenvalue weighted by molar-refractivity contribution is 5.91. The summed E-state index contributed by atoms with van der Waals surface area (Å²) in [6.45, 7) is 4.70. The van der Waals surface area contributed by atoms with E-state index in [-0.39, 0.29) is 17.5 Å². The van der Waals surface area contributed by atoms with Crippen molar-refractivity contribution < 1.29 is 4.79 Å². The van der Waals surface area contributed by atoms with Crippen LogP contribution in [0.1, 0.15) is 35.8 Å². The molecule has 1 N–H and O–H groups in total. The van der Waals surface area contributed by atoms with Crippen molar-refractivity contribution in [2.24, 2.45) is 12.5 Å². The molecule has 1 spiro atoms. The maximum atomic E-state index is 13.0. The van der Waals surface area contributed by atoms with E-state index in [0.29, 0.717) is 0 Å². The monoisotopic (exact) mass is 336 g/mol. The summed E-state index contributed by atoms with van der Waals surface area (Å²) in [5.41, 5.74) is 4.02. The lowest BCUT2D eigenvalue weighted by molar-refractivity contribution is -0.0308. The molecule has 1 fully saturated rings. The molecule has 2 aliphatic rings. The molecule has 2 heterocycles. The summed E-state index contributed by atoms with van der Waals surface area (Å²) in [7, 11) is 1.90. The number of hydrogen-bond acceptors (Lipinski definition) is 2. The smallest absolute Gasteiger partial charge is 0.316 e. The van der Waals surface area contributed by atoms with Gasteiger partial charge in [-0.3, -0.25) is 4.68 Å². The van der Waals surface area contributed by atoms with Crippen LogP contribution >= 0.6 is 0 Å². The van der Waals surface area contributed by atoms with Gasteiger partial charge in [0.1, 0.15) is 0 Å². The van der Waals surface area contributed by atoms with E-state index in [2.05, 4.69) is 46.8 Å². The minimum Gasteiger partial charge on any atom is -0.316 e. The van der Waals surface area contributed by atoms with Gasteiger partial charge >= 0.3 is 6.03 Å². The van der Waals surface area contributed by atoms with Crippen molar-refractivity contribution in [1.29, 1.82) is 0 Å². The Morgan fingerprint density at radius 2 is 1.88 bits per heavy atom. The number of benzene rings is 1. The first-order chi connectivity index (χ1) is 12.0. The molecule has 1 atom stereocenters. The molecular formula is C20H24N4O. The second kappa shape index (κ2) is 5.76. The van der Waals surface area contributed by atoms with Crippen LogP contribution < -0.4 is 5.32 Å². The summed E-state index contributed by atoms with van der Waals surface area (Å²) in [6, 6.07) is 10.5. The zero-order chi connectivity index (χ0) is 17.6. The molecule has 1 saturated heterocycles. The number of anilines is 1. The number of nitrogens with zero attached hydrogens (tertiary/aromatic N) is 3. The minimum atomic E-state index is -0.0365. The molecule has 25 heavy (non-hydrogen) atoms. The quantitative estimate of drug-likeness (QED) is 0.844. The fraction of sp³-hybridized carbons (Fsp3) is 0.400. The van der Waals surface area contributed by atoms with Crippen LogP contribution in [0.5, 0.6) is 0 Å². The van der Waals surface area contributed by atoms with Gasteiger partial charge in [0.15, 0.2) is 0 Å². The Bertz CT molecular complexity index is 829. The van der Waals surface area contributed by atoms with Gasteiger partial charge in [0, 0.05) is 19.0 Å². The number of nitrogens with one attached hydrogen (secondary N) is 1. The molecule has 130 valence electrons. The zero-order valence-electron chi connectivity index (χ0n) is 15.0. The average Bonchev–Trinajstić information content (AvgIpc) is 3.16. The molecule has 0 bridgehead atoms. The fourth-order valence-electron chi connectivity index (χ4n) is 4.30. The molecule has 1 aromatic heterocycles. The summed E-state index contributed by atoms with van der Waals surface area (Å²) < 4.78 is 1.80. The first-order valence-electron chi connectivity index (χ1n) is 8.80. The number of allylic oxidation sites excluding steroid dienone is 2. The molecule has 0 saturated carbocycles. The highest BCUT2D eigenvalue weighted by Crippen LogP contribution is 2.56. The van der Waals surface area contributed by atoms with E-state index < -0.39 is 0 Å². The Kier molecular flexibility index (Phi) is 3.67. The van der Waals surface area contributed by atoms with Crippen molar-refractivity contribution in [2.45, 2.75) is 32.7 Å². The molecule has 1 aliphatic heterocycles. The first kappa shape index (κ1) is 15.9. The van der Waals surface area contributed by atoms with Crippen molar-refractivity contribution in [3.8, 4) is 0 Å². The molecule has 5 nitrogen and oxygen atoms in total. The van der Waals surface area contributed by atoms with Crippen LogP contribution in [-0.4, -0.2) is 27.3 Å². The fourth-order valence-corrected chi connectivity index (χ4v) is 4.30. The van der Waals surface area contributed by atoms with E-state index in [0.717, 1.165) is 36.5 Å². The van der Waals surface area contributed by atoms with E-state index in [1.807, 2.05) is 31.9 Å². The number of rotatable bonds is 2. The van der Waals surface area contributed by atoms with Crippen LogP contribution in [-0.2, 0) is 7.05 Å². The van der Waals surface area contributed by atoms with Gasteiger partial charge in [-0.25, -0.2) is 4.79 Å². The largest absolute Gasteiger partial charge is 0.322 e. The molecule has 2 amide bonds. The summed E-state index contributed by atoms with van der Waals surface area (Å²) in [5.74, 6) is 0. The van der Waals surface area contributed by atoms with Gasteiger partial charge in [0.2, 0.25) is 0 Å². The van der Waals surface area contributed by atoms with E-state index in [4.69, 9.17) is 0 Å². The van der Waals surface area contributed by atoms with E-state index in [1.54, 1.807) is 4.68 Å². The topological polar surface area (TPSA) is 50.2 Å². The van der Waals surface area contributed by atoms with Crippen LogP contribution in [0.15, 0.2) is 42.5 Å². The molecule has 4 rings (SSSR count). The number of aromatic nitrogens is 2. The normalized spacial score (nSPS) is 20.8. The van der Waals surface area contributed by atoms with Crippen molar-refractivity contribution in [2.75, 3.05) is 11.9 Å². The van der Waals surface area contributed by atoms with Crippen molar-refractivity contribution in [3.63, 3.8) is 0 Å². The molecule has 1 aliphatic carbocycles. The Morgan fingerprint density at radius 3 is 2.48 bits per heavy atom. The third kappa shape index (κ3) is 2.46. The Labute approximate surface area is 148 Å². The predicted octanol–water partition coefficient (Wildman–Crippen LogP) is 3.96. The van der Waals surface area contributed by atoms with E-state index >= 15 is 0 Å². The number of carbonyl (C=O) groups is 1. The Morgan fingerprint density at radius 1 is 1.20 bits per heavy atom. The summed E-state index contributed by atoms with van der Waals surface area (Å²) in [4.78, 5) is 15.0. The van der Waals surface area contributed by atoms with Crippen LogP contribution in [0, 0.1) is 19.3 Å². The van der Waals surface area contributed by atoms with Gasteiger partial charge < -0.3 is 10.2 Å². The highest BCUT2D eigenvalue weighted by Gasteiger charge is 2.54. The third-order valence-electron chi connectivity index (χ3n) is 5.71. The second-order valence-electron chi connectivity index (χ2n) is 7.28. The van der Waals surface area contributed by atoms with Gasteiger partial charge in [0.05, 0.1) is 23.1 Å². The lowest BCUT2D eigenvalue weighted by atomic mass is 9.67. The standard InChI is InChI=1S/C20H24N4O/c1-14-17(15(2)23(3)22-14)21-19(25)24-13-20(11-7-8-12-20)18(24)16-9-5-4-6-10-16/h4-10,18H,11-13H2,1-3H3,(H,21,25). The number of likely N-dealkylation sites (tertiary alicyclic amines) is 1. The zero-order valence-corrected chi connectivity index (χ0v) is 15.0. The molecule has 2 aromatic rings. The number of carbonyl (C=O) groups excluding carboxylic acids is 1. The van der Waals surface area contributed by atoms with Crippen LogP contribution in [0.4, 0.5) is 10.5 Å². The molecule has 1 unspecified atom stereocenters. The SMILES string of the molecule is Cc1nn(C)c(C)c1NC(=O)N1CC2(CC=CC2)C1c1ccccc1. The first-order valence-corrected chi connectivity index (χ1v) is 8.80. The average molecular weight is 336 g/mol. The second-order valence-corrected chi connectivity index (χ2v) is 7.28. The van der Waals surface area contributed by atoms with Crippen LogP contribution in [0.3, 0.4) is 0 Å². The molecule has 5 heteroatoms. The summed E-state index contributed by atoms with van der Waals surface area (Å²) in [5, 5.41) is 7.48. The summed E-state index contributed by atoms with van der Waals surface area (Å²) in [6.07, 6.45) is 6.59. The lowest BCUT2D eigenvalue weighted by Gasteiger charge is -2.56. The van der Waals surface area contributed by atoms with Crippen LogP contribution in [0.25, 0.3) is 0 Å². The summed E-state index contributed by atoms with van der Waals surface area (Å²) >= 11 is 0. The Balaban J connectivity index is 1.60. The minimum absolute atomic E-state index is 0.0365. The predicted molar refractivity (Wildman–Crippen MR) is 98.4 cm³/mol. The van der Waals surface area contributed by atoms with Gasteiger partial charge in [-0.2, -0.15) is 5.10 Å². The van der Waals surface area contributed by atoms with Gasteiger partial charge in [-0.1, -0.05) is 42.5 Å². The maximum Gasteiger partial charge on any atom is 0.322 e. The highest BCUT2D eigenvalue weighted by atomic mass is 16.2. The van der Waals surface area contributed by atoms with E-state index in [9.17, 15) is 4.79 Å². The molecule has 1 aromatic carbocycles.